The molecule has 10 rings (SSSR count). The van der Waals surface area contributed by atoms with Gasteiger partial charge in [-0.05, 0) is 145 Å². The van der Waals surface area contributed by atoms with Crippen molar-refractivity contribution in [3.05, 3.63) is 234 Å². The minimum absolute atomic E-state index is 0.510. The topological polar surface area (TPSA) is 45.2 Å². The first-order chi connectivity index (χ1) is 32.2. The summed E-state index contributed by atoms with van der Waals surface area (Å²) in [5, 5.41) is 2.26. The van der Waals surface area contributed by atoms with Crippen LogP contribution in [0.1, 0.15) is 33.4 Å². The molecule has 66 heavy (non-hydrogen) atoms. The number of hydrogen-bond donors (Lipinski definition) is 0. The van der Waals surface area contributed by atoms with E-state index < -0.39 is 0 Å². The molecule has 0 atom stereocenters. The summed E-state index contributed by atoms with van der Waals surface area (Å²) in [6.45, 7) is 13.2. The predicted octanol–water partition coefficient (Wildman–Crippen LogP) is 16.5. The van der Waals surface area contributed by atoms with Crippen LogP contribution in [0, 0.1) is 41.5 Å². The van der Waals surface area contributed by atoms with Gasteiger partial charge in [-0.15, -0.1) is 0 Å². The number of hydrogen-bond acceptors (Lipinski definition) is 5. The normalized spacial score (nSPS) is 11.2. The molecule has 0 saturated carbocycles. The lowest BCUT2D eigenvalue weighted by atomic mass is 9.95. The van der Waals surface area contributed by atoms with Crippen molar-refractivity contribution in [2.24, 2.45) is 0 Å². The van der Waals surface area contributed by atoms with Crippen molar-refractivity contribution in [1.82, 2.24) is 15.0 Å². The smallest absolute Gasteiger partial charge is 0.238 e. The Hall–Kier alpha value is -8.15. The Morgan fingerprint density at radius 1 is 0.303 bits per heavy atom. The van der Waals surface area contributed by atoms with Gasteiger partial charge in [-0.3, -0.25) is 4.90 Å². The van der Waals surface area contributed by atoms with E-state index in [9.17, 15) is 0 Å². The molecule has 0 aliphatic rings. The van der Waals surface area contributed by atoms with Crippen LogP contribution in [-0.4, -0.2) is 15.0 Å². The van der Waals surface area contributed by atoms with Crippen molar-refractivity contribution in [2.75, 3.05) is 9.80 Å². The Bertz CT molecular complexity index is 3260. The number of aromatic nitrogens is 3. The molecule has 0 radical (unpaired) electrons. The summed E-state index contributed by atoms with van der Waals surface area (Å²) in [6.07, 6.45) is 0. The summed E-state index contributed by atoms with van der Waals surface area (Å²) < 4.78 is 0. The SMILES string of the molecule is Cc1cc(C)c(N(c2ccc(N(c3cccc(-c4ccccc4)c3)c3nc(-c4ccccc4)nc(-c4cc5ccccc5cc4-c4ccccc4)n3)cc2)c2c(C)cc(C)cc2C)c(C)c1. The van der Waals surface area contributed by atoms with Gasteiger partial charge >= 0.3 is 0 Å². The van der Waals surface area contributed by atoms with Crippen LogP contribution in [0.15, 0.2) is 200 Å². The van der Waals surface area contributed by atoms with Crippen LogP contribution in [-0.2, 0) is 0 Å². The monoisotopic (exact) mass is 853 g/mol. The van der Waals surface area contributed by atoms with E-state index in [1.165, 1.54) is 44.8 Å². The second-order valence-corrected chi connectivity index (χ2v) is 17.4. The molecule has 320 valence electrons. The molecular formula is C61H51N5. The van der Waals surface area contributed by atoms with Gasteiger partial charge in [-0.2, -0.15) is 9.97 Å². The molecule has 0 unspecified atom stereocenters. The highest BCUT2D eigenvalue weighted by atomic mass is 15.3. The predicted molar refractivity (Wildman–Crippen MR) is 277 cm³/mol. The third kappa shape index (κ3) is 8.23. The van der Waals surface area contributed by atoms with Gasteiger partial charge in [-0.1, -0.05) is 163 Å². The van der Waals surface area contributed by atoms with Gasteiger partial charge in [-0.25, -0.2) is 4.98 Å². The maximum atomic E-state index is 5.49. The van der Waals surface area contributed by atoms with Crippen molar-refractivity contribution in [3.8, 4) is 45.0 Å². The van der Waals surface area contributed by atoms with Crippen molar-refractivity contribution >= 4 is 45.2 Å². The molecule has 5 nitrogen and oxygen atoms in total. The van der Waals surface area contributed by atoms with Crippen molar-refractivity contribution in [2.45, 2.75) is 41.5 Å². The number of rotatable bonds is 10. The summed E-state index contributed by atoms with van der Waals surface area (Å²) >= 11 is 0. The highest BCUT2D eigenvalue weighted by molar-refractivity contribution is 5.96. The summed E-state index contributed by atoms with van der Waals surface area (Å²) in [4.78, 5) is 20.8. The van der Waals surface area contributed by atoms with Crippen LogP contribution in [0.3, 0.4) is 0 Å². The average Bonchev–Trinajstić information content (AvgIpc) is 3.34. The van der Waals surface area contributed by atoms with Gasteiger partial charge in [0.2, 0.25) is 5.95 Å². The Balaban J connectivity index is 1.21. The second-order valence-electron chi connectivity index (χ2n) is 17.4. The molecule has 0 saturated heterocycles. The minimum atomic E-state index is 0.510. The fraction of sp³-hybridized carbons (Fsp3) is 0.0984. The van der Waals surface area contributed by atoms with Gasteiger partial charge < -0.3 is 4.90 Å². The van der Waals surface area contributed by atoms with E-state index >= 15 is 0 Å². The van der Waals surface area contributed by atoms with E-state index in [0.29, 0.717) is 17.6 Å². The zero-order valence-corrected chi connectivity index (χ0v) is 38.3. The molecule has 10 aromatic rings. The van der Waals surface area contributed by atoms with E-state index in [-0.39, 0.29) is 0 Å². The van der Waals surface area contributed by atoms with Crippen molar-refractivity contribution < 1.29 is 0 Å². The maximum Gasteiger partial charge on any atom is 0.238 e. The van der Waals surface area contributed by atoms with E-state index in [1.54, 1.807) is 0 Å². The zero-order chi connectivity index (χ0) is 45.3. The van der Waals surface area contributed by atoms with Gasteiger partial charge in [0, 0.05) is 28.2 Å². The van der Waals surface area contributed by atoms with Crippen LogP contribution < -0.4 is 9.80 Å². The standard InChI is InChI=1S/C61H51N5/c1-40-33-42(3)57(43(4)34-40)66(58-44(5)35-41(2)36-45(58)6)53-31-29-52(30-32-53)65(54-28-18-27-49(37-54)46-19-10-7-11-20-46)61-63-59(48-23-14-9-15-24-48)62-60(64-61)56-39-51-26-17-16-25-50(51)38-55(56)47-21-12-8-13-22-47/h7-39H,1-6H3. The van der Waals surface area contributed by atoms with E-state index in [4.69, 9.17) is 15.0 Å². The van der Waals surface area contributed by atoms with Crippen LogP contribution in [0.25, 0.3) is 55.8 Å². The lowest BCUT2D eigenvalue weighted by molar-refractivity contribution is 1.02. The number of aryl methyl sites for hydroxylation is 6. The Labute approximate surface area is 388 Å². The number of fused-ring (bicyclic) bond motifs is 1. The molecule has 9 aromatic carbocycles. The molecule has 0 N–H and O–H groups in total. The lowest BCUT2D eigenvalue weighted by Gasteiger charge is -2.32. The van der Waals surface area contributed by atoms with Crippen LogP contribution in [0.4, 0.5) is 34.4 Å². The Kier molecular flexibility index (Phi) is 11.3. The fourth-order valence-electron chi connectivity index (χ4n) is 9.59. The number of anilines is 6. The van der Waals surface area contributed by atoms with E-state index in [1.807, 2.05) is 18.2 Å². The fourth-order valence-corrected chi connectivity index (χ4v) is 9.59. The zero-order valence-electron chi connectivity index (χ0n) is 38.3. The van der Waals surface area contributed by atoms with Crippen molar-refractivity contribution in [3.63, 3.8) is 0 Å². The van der Waals surface area contributed by atoms with Crippen LogP contribution in [0.2, 0.25) is 0 Å². The Morgan fingerprint density at radius 2 is 0.742 bits per heavy atom. The summed E-state index contributed by atoms with van der Waals surface area (Å²) in [5.41, 5.74) is 18.9. The first kappa shape index (κ1) is 41.8. The molecule has 1 aromatic heterocycles. The molecule has 0 spiro atoms. The number of nitrogens with zero attached hydrogens (tertiary/aromatic N) is 5. The molecule has 5 heteroatoms. The molecule has 0 amide bonds. The third-order valence-corrected chi connectivity index (χ3v) is 12.4. The minimum Gasteiger partial charge on any atom is -0.309 e. The lowest BCUT2D eigenvalue weighted by Crippen LogP contribution is -2.17. The molecule has 0 bridgehead atoms. The molecular weight excluding hydrogens is 803 g/mol. The summed E-state index contributed by atoms with van der Waals surface area (Å²) in [5.74, 6) is 1.69. The van der Waals surface area contributed by atoms with Gasteiger partial charge in [0.15, 0.2) is 11.6 Å². The first-order valence-corrected chi connectivity index (χ1v) is 22.6. The maximum absolute atomic E-state index is 5.49. The van der Waals surface area contributed by atoms with Gasteiger partial charge in [0.25, 0.3) is 0 Å². The highest BCUT2D eigenvalue weighted by Gasteiger charge is 2.25. The van der Waals surface area contributed by atoms with Crippen molar-refractivity contribution in [1.29, 1.82) is 0 Å². The Morgan fingerprint density at radius 3 is 1.29 bits per heavy atom. The van der Waals surface area contributed by atoms with E-state index in [0.717, 1.165) is 61.2 Å². The quantitative estimate of drug-likeness (QED) is 0.137. The van der Waals surface area contributed by atoms with Gasteiger partial charge in [0.1, 0.15) is 0 Å². The summed E-state index contributed by atoms with van der Waals surface area (Å²) in [6, 6.07) is 70.9. The first-order valence-electron chi connectivity index (χ1n) is 22.6. The third-order valence-electron chi connectivity index (χ3n) is 12.4. The van der Waals surface area contributed by atoms with Crippen LogP contribution in [0.5, 0.6) is 0 Å². The average molecular weight is 854 g/mol. The molecule has 0 aliphatic heterocycles. The largest absolute Gasteiger partial charge is 0.309 e. The molecule has 0 fully saturated rings. The van der Waals surface area contributed by atoms with Gasteiger partial charge in [0.05, 0.1) is 11.4 Å². The highest BCUT2D eigenvalue weighted by Crippen LogP contribution is 2.45. The molecule has 1 heterocycles. The molecule has 0 aliphatic carbocycles. The number of benzene rings is 9. The summed E-state index contributed by atoms with van der Waals surface area (Å²) in [7, 11) is 0. The van der Waals surface area contributed by atoms with E-state index in [2.05, 4.69) is 233 Å². The van der Waals surface area contributed by atoms with Crippen LogP contribution >= 0.6 is 0 Å². The second kappa shape index (κ2) is 17.8.